The summed E-state index contributed by atoms with van der Waals surface area (Å²) in [5.41, 5.74) is 2.45. The number of nitrogens with zero attached hydrogens (tertiary/aromatic N) is 2. The third kappa shape index (κ3) is 4.29. The lowest BCUT2D eigenvalue weighted by Crippen LogP contribution is -2.27. The molecule has 2 rings (SSSR count). The van der Waals surface area contributed by atoms with Crippen molar-refractivity contribution in [2.24, 2.45) is 0 Å². The Kier molecular flexibility index (Phi) is 5.33. The van der Waals surface area contributed by atoms with Crippen molar-refractivity contribution >= 4 is 27.5 Å². The number of carbonyl (C=O) groups is 1. The van der Waals surface area contributed by atoms with Gasteiger partial charge in [-0.05, 0) is 36.8 Å². The van der Waals surface area contributed by atoms with Crippen molar-refractivity contribution < 1.29 is 4.79 Å². The summed E-state index contributed by atoms with van der Waals surface area (Å²) in [6, 6.07) is 11.5. The predicted octanol–water partition coefficient (Wildman–Crippen LogP) is 3.55. The molecule has 0 spiro atoms. The van der Waals surface area contributed by atoms with Gasteiger partial charge in [-0.25, -0.2) is 4.98 Å². The maximum atomic E-state index is 12.3. The third-order valence-corrected chi connectivity index (χ3v) is 3.51. The van der Waals surface area contributed by atoms with Crippen LogP contribution in [0.25, 0.3) is 0 Å². The fourth-order valence-corrected chi connectivity index (χ4v) is 2.45. The number of carbonyl (C=O) groups excluding carboxylic acids is 1. The van der Waals surface area contributed by atoms with Gasteiger partial charge >= 0.3 is 0 Å². The molecule has 0 unspecified atom stereocenters. The number of aromatic nitrogens is 1. The van der Waals surface area contributed by atoms with E-state index in [-0.39, 0.29) is 5.91 Å². The molecule has 1 aromatic carbocycles. The van der Waals surface area contributed by atoms with Gasteiger partial charge in [0.1, 0.15) is 5.69 Å². The zero-order valence-electron chi connectivity index (χ0n) is 12.1. The molecule has 110 valence electrons. The van der Waals surface area contributed by atoms with Gasteiger partial charge in [0.25, 0.3) is 5.91 Å². The lowest BCUT2D eigenvalue weighted by Gasteiger charge is -2.17. The third-order valence-electron chi connectivity index (χ3n) is 3.02. The quantitative estimate of drug-likeness (QED) is 0.899. The molecule has 21 heavy (non-hydrogen) atoms. The highest BCUT2D eigenvalue weighted by Gasteiger charge is 2.13. The van der Waals surface area contributed by atoms with Crippen molar-refractivity contribution in [1.29, 1.82) is 0 Å². The molecule has 1 aromatic heterocycles. The van der Waals surface area contributed by atoms with Gasteiger partial charge in [-0.1, -0.05) is 28.1 Å². The van der Waals surface area contributed by atoms with Crippen molar-refractivity contribution in [2.75, 3.05) is 18.9 Å². The molecule has 0 aliphatic carbocycles. The predicted molar refractivity (Wildman–Crippen MR) is 88.3 cm³/mol. The molecule has 0 fully saturated rings. The summed E-state index contributed by atoms with van der Waals surface area (Å²) >= 11 is 3.43. The normalized spacial score (nSPS) is 10.2. The van der Waals surface area contributed by atoms with E-state index in [0.29, 0.717) is 12.2 Å². The molecule has 0 bridgehead atoms. The molecule has 1 heterocycles. The van der Waals surface area contributed by atoms with E-state index in [1.807, 2.05) is 37.3 Å². The minimum atomic E-state index is -0.0852. The number of benzene rings is 1. The lowest BCUT2D eigenvalue weighted by atomic mass is 10.2. The van der Waals surface area contributed by atoms with Crippen LogP contribution in [-0.2, 0) is 6.54 Å². The van der Waals surface area contributed by atoms with Gasteiger partial charge in [0.15, 0.2) is 0 Å². The van der Waals surface area contributed by atoms with Crippen LogP contribution in [-0.4, -0.2) is 29.4 Å². The van der Waals surface area contributed by atoms with Crippen LogP contribution in [0.2, 0.25) is 0 Å². The van der Waals surface area contributed by atoms with E-state index in [1.165, 1.54) is 0 Å². The fraction of sp³-hybridized carbons (Fsp3) is 0.250. The smallest absolute Gasteiger partial charge is 0.272 e. The molecular formula is C16H18BrN3O. The van der Waals surface area contributed by atoms with Crippen molar-refractivity contribution in [3.8, 4) is 0 Å². The summed E-state index contributed by atoms with van der Waals surface area (Å²) in [4.78, 5) is 18.2. The number of hydrogen-bond donors (Lipinski definition) is 1. The largest absolute Gasteiger partial charge is 0.384 e. The van der Waals surface area contributed by atoms with Gasteiger partial charge in [-0.15, -0.1) is 0 Å². The van der Waals surface area contributed by atoms with E-state index in [4.69, 9.17) is 0 Å². The van der Waals surface area contributed by atoms with E-state index in [1.54, 1.807) is 24.2 Å². The summed E-state index contributed by atoms with van der Waals surface area (Å²) in [5, 5.41) is 3.16. The molecule has 1 amide bonds. The lowest BCUT2D eigenvalue weighted by molar-refractivity contribution is 0.0779. The number of halogens is 1. The summed E-state index contributed by atoms with van der Waals surface area (Å²) in [7, 11) is 1.78. The van der Waals surface area contributed by atoms with Crippen LogP contribution in [0.5, 0.6) is 0 Å². The fourth-order valence-electron chi connectivity index (χ4n) is 2.01. The Bertz CT molecular complexity index is 613. The van der Waals surface area contributed by atoms with Crippen LogP contribution in [0, 0.1) is 0 Å². The number of rotatable bonds is 5. The number of amides is 1. The van der Waals surface area contributed by atoms with E-state index >= 15 is 0 Å². The second-order valence-electron chi connectivity index (χ2n) is 4.75. The average Bonchev–Trinajstić information content (AvgIpc) is 2.47. The SMILES string of the molecule is CCNc1ccc(C(=O)N(C)Cc2cccc(Br)c2)nc1. The maximum Gasteiger partial charge on any atom is 0.272 e. The van der Waals surface area contributed by atoms with Crippen molar-refractivity contribution in [1.82, 2.24) is 9.88 Å². The molecular weight excluding hydrogens is 330 g/mol. The molecule has 2 aromatic rings. The standard InChI is InChI=1S/C16H18BrN3O/c1-3-18-14-7-8-15(19-10-14)16(21)20(2)11-12-5-4-6-13(17)9-12/h4-10,18H,3,11H2,1-2H3. The number of nitrogens with one attached hydrogen (secondary N) is 1. The zero-order valence-corrected chi connectivity index (χ0v) is 13.7. The second-order valence-corrected chi connectivity index (χ2v) is 5.67. The van der Waals surface area contributed by atoms with Crippen LogP contribution < -0.4 is 5.32 Å². The van der Waals surface area contributed by atoms with Crippen LogP contribution in [0.1, 0.15) is 23.0 Å². The van der Waals surface area contributed by atoms with Crippen LogP contribution >= 0.6 is 15.9 Å². The molecule has 0 aliphatic rings. The first-order chi connectivity index (χ1) is 10.1. The first-order valence-corrected chi connectivity index (χ1v) is 7.59. The Balaban J connectivity index is 2.04. The van der Waals surface area contributed by atoms with Crippen LogP contribution in [0.4, 0.5) is 5.69 Å². The first kappa shape index (κ1) is 15.5. The molecule has 0 saturated carbocycles. The summed E-state index contributed by atoms with van der Waals surface area (Å²) in [6.45, 7) is 3.40. The number of hydrogen-bond acceptors (Lipinski definition) is 3. The Labute approximate surface area is 133 Å². The minimum absolute atomic E-state index is 0.0852. The first-order valence-electron chi connectivity index (χ1n) is 6.80. The Morgan fingerprint density at radius 3 is 2.76 bits per heavy atom. The average molecular weight is 348 g/mol. The highest BCUT2D eigenvalue weighted by molar-refractivity contribution is 9.10. The van der Waals surface area contributed by atoms with Crippen LogP contribution in [0.3, 0.4) is 0 Å². The van der Waals surface area contributed by atoms with Gasteiger partial charge < -0.3 is 10.2 Å². The second kappa shape index (κ2) is 7.22. The van der Waals surface area contributed by atoms with Crippen molar-refractivity contribution in [2.45, 2.75) is 13.5 Å². The van der Waals surface area contributed by atoms with Gasteiger partial charge in [0.05, 0.1) is 11.9 Å². The van der Waals surface area contributed by atoms with Gasteiger partial charge in [-0.3, -0.25) is 4.79 Å². The van der Waals surface area contributed by atoms with E-state index in [2.05, 4.69) is 26.2 Å². The van der Waals surface area contributed by atoms with Crippen molar-refractivity contribution in [3.05, 3.63) is 58.3 Å². The Morgan fingerprint density at radius 1 is 1.33 bits per heavy atom. The molecule has 0 aliphatic heterocycles. The van der Waals surface area contributed by atoms with Crippen LogP contribution in [0.15, 0.2) is 47.1 Å². The molecule has 0 saturated heterocycles. The zero-order chi connectivity index (χ0) is 15.2. The topological polar surface area (TPSA) is 45.2 Å². The van der Waals surface area contributed by atoms with Gasteiger partial charge in [-0.2, -0.15) is 0 Å². The Morgan fingerprint density at radius 2 is 2.14 bits per heavy atom. The molecule has 0 atom stereocenters. The number of anilines is 1. The monoisotopic (exact) mass is 347 g/mol. The summed E-state index contributed by atoms with van der Waals surface area (Å²) in [6.07, 6.45) is 1.68. The highest BCUT2D eigenvalue weighted by atomic mass is 79.9. The molecule has 0 radical (unpaired) electrons. The molecule has 4 nitrogen and oxygen atoms in total. The number of pyridine rings is 1. The minimum Gasteiger partial charge on any atom is -0.384 e. The van der Waals surface area contributed by atoms with E-state index in [0.717, 1.165) is 22.3 Å². The van der Waals surface area contributed by atoms with E-state index < -0.39 is 0 Å². The highest BCUT2D eigenvalue weighted by Crippen LogP contribution is 2.14. The summed E-state index contributed by atoms with van der Waals surface area (Å²) in [5.74, 6) is -0.0852. The maximum absolute atomic E-state index is 12.3. The molecule has 1 N–H and O–H groups in total. The molecule has 5 heteroatoms. The summed E-state index contributed by atoms with van der Waals surface area (Å²) < 4.78 is 1.01. The Hall–Kier alpha value is -1.88. The van der Waals surface area contributed by atoms with E-state index in [9.17, 15) is 4.79 Å². The van der Waals surface area contributed by atoms with Crippen molar-refractivity contribution in [3.63, 3.8) is 0 Å². The van der Waals surface area contributed by atoms with Gasteiger partial charge in [0.2, 0.25) is 0 Å². The van der Waals surface area contributed by atoms with Gasteiger partial charge in [0, 0.05) is 24.6 Å².